The van der Waals surface area contributed by atoms with E-state index in [2.05, 4.69) is 10.6 Å². The van der Waals surface area contributed by atoms with Crippen LogP contribution in [0.4, 0.5) is 5.69 Å². The van der Waals surface area contributed by atoms with Gasteiger partial charge in [0.1, 0.15) is 0 Å². The molecule has 0 atom stereocenters. The molecule has 0 aromatic heterocycles. The zero-order chi connectivity index (χ0) is 19.1. The van der Waals surface area contributed by atoms with Crippen molar-refractivity contribution in [2.75, 3.05) is 32.2 Å². The van der Waals surface area contributed by atoms with E-state index in [0.717, 1.165) is 4.90 Å². The highest BCUT2D eigenvalue weighted by Gasteiger charge is 2.14. The van der Waals surface area contributed by atoms with E-state index < -0.39 is 0 Å². The molecular weight excluding hydrogens is 350 g/mol. The summed E-state index contributed by atoms with van der Waals surface area (Å²) in [6.07, 6.45) is 0. The van der Waals surface area contributed by atoms with Gasteiger partial charge in [-0.25, -0.2) is 0 Å². The van der Waals surface area contributed by atoms with Crippen LogP contribution >= 0.6 is 11.8 Å². The molecule has 136 valence electrons. The van der Waals surface area contributed by atoms with Gasteiger partial charge in [0.25, 0.3) is 11.8 Å². The molecule has 0 fully saturated rings. The number of anilines is 1. The minimum atomic E-state index is -0.266. The van der Waals surface area contributed by atoms with Crippen molar-refractivity contribution >= 4 is 35.2 Å². The molecule has 3 amide bonds. The number of benzene rings is 2. The molecule has 6 nitrogen and oxygen atoms in total. The van der Waals surface area contributed by atoms with Gasteiger partial charge in [-0.2, -0.15) is 0 Å². The lowest BCUT2D eigenvalue weighted by molar-refractivity contribution is -0.125. The largest absolute Gasteiger partial charge is 0.355 e. The molecule has 0 aliphatic rings. The standard InChI is InChI=1S/C19H21N3O3S/c1-20-18(24)13-8-10-14(11-9-13)21-19(25)15-6-4-5-7-16(15)26-12-17(23)22(2)3/h4-11H,12H2,1-3H3,(H,20,24)(H,21,25). The van der Waals surface area contributed by atoms with Crippen LogP contribution in [-0.2, 0) is 4.79 Å². The van der Waals surface area contributed by atoms with Crippen molar-refractivity contribution in [3.8, 4) is 0 Å². The van der Waals surface area contributed by atoms with Gasteiger partial charge in [0, 0.05) is 37.3 Å². The van der Waals surface area contributed by atoms with Crippen LogP contribution in [0.1, 0.15) is 20.7 Å². The average Bonchev–Trinajstić information content (AvgIpc) is 2.66. The number of hydrogen-bond acceptors (Lipinski definition) is 4. The number of nitrogens with zero attached hydrogens (tertiary/aromatic N) is 1. The zero-order valence-electron chi connectivity index (χ0n) is 14.9. The van der Waals surface area contributed by atoms with Crippen LogP contribution in [0.5, 0.6) is 0 Å². The molecule has 7 heteroatoms. The summed E-state index contributed by atoms with van der Waals surface area (Å²) < 4.78 is 0. The number of thioether (sulfide) groups is 1. The maximum absolute atomic E-state index is 12.6. The maximum atomic E-state index is 12.6. The van der Waals surface area contributed by atoms with Crippen LogP contribution in [0.15, 0.2) is 53.4 Å². The van der Waals surface area contributed by atoms with Crippen molar-refractivity contribution in [3.63, 3.8) is 0 Å². The van der Waals surface area contributed by atoms with Crippen LogP contribution in [0.2, 0.25) is 0 Å². The van der Waals surface area contributed by atoms with Gasteiger partial charge >= 0.3 is 0 Å². The van der Waals surface area contributed by atoms with Crippen LogP contribution in [0, 0.1) is 0 Å². The summed E-state index contributed by atoms with van der Waals surface area (Å²) in [4.78, 5) is 38.2. The van der Waals surface area contributed by atoms with Gasteiger partial charge in [-0.1, -0.05) is 12.1 Å². The van der Waals surface area contributed by atoms with Crippen molar-refractivity contribution in [1.82, 2.24) is 10.2 Å². The Bertz CT molecular complexity index is 804. The molecule has 2 aromatic carbocycles. The van der Waals surface area contributed by atoms with E-state index in [4.69, 9.17) is 0 Å². The van der Waals surface area contributed by atoms with Crippen molar-refractivity contribution in [2.24, 2.45) is 0 Å². The number of carbonyl (C=O) groups is 3. The highest BCUT2D eigenvalue weighted by atomic mass is 32.2. The van der Waals surface area contributed by atoms with Crippen molar-refractivity contribution in [3.05, 3.63) is 59.7 Å². The first-order chi connectivity index (χ1) is 12.4. The smallest absolute Gasteiger partial charge is 0.256 e. The van der Waals surface area contributed by atoms with Crippen LogP contribution in [0.25, 0.3) is 0 Å². The topological polar surface area (TPSA) is 78.5 Å². The lowest BCUT2D eigenvalue weighted by atomic mass is 10.1. The highest BCUT2D eigenvalue weighted by molar-refractivity contribution is 8.00. The minimum absolute atomic E-state index is 0.0185. The van der Waals surface area contributed by atoms with E-state index in [-0.39, 0.29) is 23.5 Å². The molecule has 0 unspecified atom stereocenters. The molecular formula is C19H21N3O3S. The second-order valence-corrected chi connectivity index (χ2v) is 6.70. The van der Waals surface area contributed by atoms with Crippen LogP contribution in [-0.4, -0.2) is 49.5 Å². The molecule has 0 spiro atoms. The Morgan fingerprint density at radius 1 is 0.962 bits per heavy atom. The Morgan fingerprint density at radius 2 is 1.62 bits per heavy atom. The average molecular weight is 371 g/mol. The summed E-state index contributed by atoms with van der Waals surface area (Å²) >= 11 is 1.33. The third-order valence-corrected chi connectivity index (χ3v) is 4.67. The van der Waals surface area contributed by atoms with Crippen LogP contribution < -0.4 is 10.6 Å². The number of carbonyl (C=O) groups excluding carboxylic acids is 3. The van der Waals surface area contributed by atoms with Crippen molar-refractivity contribution in [2.45, 2.75) is 4.90 Å². The normalized spacial score (nSPS) is 10.1. The predicted molar refractivity (Wildman–Crippen MR) is 104 cm³/mol. The van der Waals surface area contributed by atoms with E-state index in [1.54, 1.807) is 57.5 Å². The Labute approximate surface area is 157 Å². The van der Waals surface area contributed by atoms with Crippen molar-refractivity contribution < 1.29 is 14.4 Å². The first-order valence-corrected chi connectivity index (χ1v) is 8.96. The molecule has 0 bridgehead atoms. The fraction of sp³-hybridized carbons (Fsp3) is 0.211. The number of nitrogens with one attached hydrogen (secondary N) is 2. The van der Waals surface area contributed by atoms with Gasteiger partial charge in [-0.3, -0.25) is 14.4 Å². The van der Waals surface area contributed by atoms with Crippen molar-refractivity contribution in [1.29, 1.82) is 0 Å². The monoisotopic (exact) mass is 371 g/mol. The van der Waals surface area contributed by atoms with E-state index >= 15 is 0 Å². The predicted octanol–water partition coefficient (Wildman–Crippen LogP) is 2.48. The molecule has 26 heavy (non-hydrogen) atoms. The quantitative estimate of drug-likeness (QED) is 0.765. The van der Waals surface area contributed by atoms with E-state index in [9.17, 15) is 14.4 Å². The summed E-state index contributed by atoms with van der Waals surface area (Å²) in [5.41, 5.74) is 1.61. The van der Waals surface area contributed by atoms with Gasteiger partial charge in [0.2, 0.25) is 5.91 Å². The van der Waals surface area contributed by atoms with E-state index in [1.165, 1.54) is 16.7 Å². The third-order valence-electron chi connectivity index (χ3n) is 3.61. The summed E-state index contributed by atoms with van der Waals surface area (Å²) in [7, 11) is 4.96. The van der Waals surface area contributed by atoms with Gasteiger partial charge < -0.3 is 15.5 Å². The first kappa shape index (κ1) is 19.5. The Hall–Kier alpha value is -2.80. The Morgan fingerprint density at radius 3 is 2.23 bits per heavy atom. The molecule has 0 radical (unpaired) electrons. The lowest BCUT2D eigenvalue weighted by Gasteiger charge is -2.12. The molecule has 0 aliphatic carbocycles. The summed E-state index contributed by atoms with van der Waals surface area (Å²) in [5.74, 6) is -0.207. The number of rotatable bonds is 6. The SMILES string of the molecule is CNC(=O)c1ccc(NC(=O)c2ccccc2SCC(=O)N(C)C)cc1. The number of amides is 3. The molecule has 2 N–H and O–H groups in total. The second kappa shape index (κ2) is 9.05. The van der Waals surface area contributed by atoms with Crippen LogP contribution in [0.3, 0.4) is 0 Å². The van der Waals surface area contributed by atoms with E-state index in [1.807, 2.05) is 12.1 Å². The Kier molecular flexibility index (Phi) is 6.80. The summed E-state index contributed by atoms with van der Waals surface area (Å²) in [6.45, 7) is 0. The Balaban J connectivity index is 2.10. The molecule has 0 saturated heterocycles. The molecule has 2 rings (SSSR count). The number of hydrogen-bond donors (Lipinski definition) is 2. The summed E-state index contributed by atoms with van der Waals surface area (Å²) in [5, 5.41) is 5.36. The second-order valence-electron chi connectivity index (χ2n) is 5.68. The third kappa shape index (κ3) is 5.10. The maximum Gasteiger partial charge on any atom is 0.256 e. The lowest BCUT2D eigenvalue weighted by Crippen LogP contribution is -2.23. The fourth-order valence-electron chi connectivity index (χ4n) is 2.10. The highest BCUT2D eigenvalue weighted by Crippen LogP contribution is 2.24. The minimum Gasteiger partial charge on any atom is -0.355 e. The van der Waals surface area contributed by atoms with Gasteiger partial charge in [0.15, 0.2) is 0 Å². The zero-order valence-corrected chi connectivity index (χ0v) is 15.7. The van der Waals surface area contributed by atoms with Gasteiger partial charge in [-0.05, 0) is 36.4 Å². The van der Waals surface area contributed by atoms with Gasteiger partial charge in [-0.15, -0.1) is 11.8 Å². The fourth-order valence-corrected chi connectivity index (χ4v) is 3.12. The molecule has 2 aromatic rings. The first-order valence-electron chi connectivity index (χ1n) is 7.98. The van der Waals surface area contributed by atoms with Gasteiger partial charge in [0.05, 0.1) is 11.3 Å². The molecule has 0 aliphatic heterocycles. The van der Waals surface area contributed by atoms with E-state index in [0.29, 0.717) is 16.8 Å². The summed E-state index contributed by atoms with van der Waals surface area (Å²) in [6, 6.07) is 13.8. The molecule has 0 heterocycles. The molecule has 0 saturated carbocycles.